The minimum atomic E-state index is -0.349. The molecule has 2 aromatic rings. The van der Waals surface area contributed by atoms with Crippen LogP contribution in [0.25, 0.3) is 0 Å². The molecule has 0 unspecified atom stereocenters. The Morgan fingerprint density at radius 3 is 2.68 bits per heavy atom. The maximum absolute atomic E-state index is 12.6. The summed E-state index contributed by atoms with van der Waals surface area (Å²) in [6.07, 6.45) is 3.49. The van der Waals surface area contributed by atoms with Crippen molar-refractivity contribution in [3.05, 3.63) is 58.2 Å². The fourth-order valence-electron chi connectivity index (χ4n) is 2.56. The number of halogens is 1. The van der Waals surface area contributed by atoms with Crippen molar-refractivity contribution in [3.63, 3.8) is 0 Å². The molecule has 1 N–H and O–H groups in total. The Morgan fingerprint density at radius 1 is 1.32 bits per heavy atom. The van der Waals surface area contributed by atoms with Crippen LogP contribution in [0.2, 0.25) is 0 Å². The summed E-state index contributed by atoms with van der Waals surface area (Å²) in [7, 11) is 1.58. The van der Waals surface area contributed by atoms with Crippen LogP contribution in [0, 0.1) is 0 Å². The summed E-state index contributed by atoms with van der Waals surface area (Å²) in [5.74, 6) is 0.645. The van der Waals surface area contributed by atoms with Crippen molar-refractivity contribution in [1.29, 1.82) is 0 Å². The molecule has 1 amide bonds. The van der Waals surface area contributed by atoms with Gasteiger partial charge in [0.05, 0.1) is 12.5 Å². The lowest BCUT2D eigenvalue weighted by atomic mass is 9.95. The molecule has 1 heterocycles. The van der Waals surface area contributed by atoms with E-state index in [1.54, 1.807) is 13.3 Å². The Bertz CT molecular complexity index is 681. The number of carbonyl (C=O) groups is 1. The van der Waals surface area contributed by atoms with E-state index in [2.05, 4.69) is 26.2 Å². The Labute approximate surface area is 138 Å². The van der Waals surface area contributed by atoms with E-state index in [4.69, 9.17) is 4.74 Å². The molecule has 1 fully saturated rings. The van der Waals surface area contributed by atoms with E-state index in [1.165, 1.54) is 0 Å². The summed E-state index contributed by atoms with van der Waals surface area (Å²) in [6, 6.07) is 11.7. The molecule has 4 nitrogen and oxygen atoms in total. The molecule has 1 aromatic carbocycles. The molecule has 114 valence electrons. The Kier molecular flexibility index (Phi) is 4.16. The zero-order valence-corrected chi connectivity index (χ0v) is 13.9. The molecule has 1 aromatic heterocycles. The molecular weight excluding hydrogens is 344 g/mol. The van der Waals surface area contributed by atoms with Gasteiger partial charge in [-0.15, -0.1) is 0 Å². The smallest absolute Gasteiger partial charge is 0.230 e. The number of rotatable bonds is 5. The van der Waals surface area contributed by atoms with Gasteiger partial charge in [-0.2, -0.15) is 0 Å². The number of pyridine rings is 1. The van der Waals surface area contributed by atoms with Gasteiger partial charge in [0.1, 0.15) is 0 Å². The van der Waals surface area contributed by atoms with Gasteiger partial charge < -0.3 is 10.1 Å². The predicted molar refractivity (Wildman–Crippen MR) is 87.7 cm³/mol. The molecule has 3 rings (SSSR count). The highest BCUT2D eigenvalue weighted by Crippen LogP contribution is 2.48. The Hall–Kier alpha value is -1.88. The van der Waals surface area contributed by atoms with Crippen LogP contribution in [0.5, 0.6) is 5.88 Å². The highest BCUT2D eigenvalue weighted by atomic mass is 79.9. The number of nitrogens with zero attached hydrogens (tertiary/aromatic N) is 1. The molecule has 1 aliphatic rings. The molecule has 1 aliphatic carbocycles. The molecule has 0 aliphatic heterocycles. The summed E-state index contributed by atoms with van der Waals surface area (Å²) in [5.41, 5.74) is 1.71. The van der Waals surface area contributed by atoms with Crippen molar-refractivity contribution in [1.82, 2.24) is 10.3 Å². The largest absolute Gasteiger partial charge is 0.481 e. The normalized spacial score (nSPS) is 15.2. The van der Waals surface area contributed by atoms with Gasteiger partial charge in [-0.25, -0.2) is 4.98 Å². The average Bonchev–Trinajstić information content (AvgIpc) is 3.35. The lowest BCUT2D eigenvalue weighted by molar-refractivity contribution is -0.123. The Balaban J connectivity index is 1.68. The third kappa shape index (κ3) is 2.99. The molecule has 0 bridgehead atoms. The zero-order chi connectivity index (χ0) is 15.6. The third-order valence-electron chi connectivity index (χ3n) is 4.04. The lowest BCUT2D eigenvalue weighted by Gasteiger charge is -2.16. The minimum Gasteiger partial charge on any atom is -0.481 e. The summed E-state index contributed by atoms with van der Waals surface area (Å²) in [5, 5.41) is 3.03. The maximum atomic E-state index is 12.6. The van der Waals surface area contributed by atoms with Crippen LogP contribution in [-0.2, 0) is 16.8 Å². The first-order valence-corrected chi connectivity index (χ1v) is 7.97. The van der Waals surface area contributed by atoms with Gasteiger partial charge in [0.25, 0.3) is 0 Å². The van der Waals surface area contributed by atoms with Crippen LogP contribution in [0.3, 0.4) is 0 Å². The number of amides is 1. The van der Waals surface area contributed by atoms with E-state index in [0.29, 0.717) is 12.4 Å². The quantitative estimate of drug-likeness (QED) is 0.890. The molecule has 0 saturated heterocycles. The topological polar surface area (TPSA) is 51.2 Å². The number of hydrogen-bond acceptors (Lipinski definition) is 3. The molecule has 22 heavy (non-hydrogen) atoms. The van der Waals surface area contributed by atoms with Gasteiger partial charge in [0.2, 0.25) is 11.8 Å². The van der Waals surface area contributed by atoms with Gasteiger partial charge in [0, 0.05) is 23.3 Å². The molecule has 0 spiro atoms. The second-order valence-electron chi connectivity index (χ2n) is 5.48. The van der Waals surface area contributed by atoms with Crippen molar-refractivity contribution in [2.45, 2.75) is 24.8 Å². The molecule has 0 radical (unpaired) electrons. The monoisotopic (exact) mass is 360 g/mol. The zero-order valence-electron chi connectivity index (χ0n) is 12.3. The van der Waals surface area contributed by atoms with Gasteiger partial charge in [-0.05, 0) is 42.2 Å². The van der Waals surface area contributed by atoms with E-state index < -0.39 is 0 Å². The average molecular weight is 361 g/mol. The van der Waals surface area contributed by atoms with Crippen LogP contribution in [0.15, 0.2) is 47.1 Å². The van der Waals surface area contributed by atoms with E-state index in [1.807, 2.05) is 36.4 Å². The van der Waals surface area contributed by atoms with Crippen LogP contribution >= 0.6 is 15.9 Å². The summed E-state index contributed by atoms with van der Waals surface area (Å²) < 4.78 is 6.12. The van der Waals surface area contributed by atoms with E-state index in [0.717, 1.165) is 28.4 Å². The first-order valence-electron chi connectivity index (χ1n) is 7.17. The van der Waals surface area contributed by atoms with Crippen LogP contribution in [0.4, 0.5) is 0 Å². The minimum absolute atomic E-state index is 0.0885. The second kappa shape index (κ2) is 6.08. The SMILES string of the molecule is COc1cc(CNC(=O)C2(c3ccc(Br)cc3)CC2)ccn1. The van der Waals surface area contributed by atoms with E-state index in [9.17, 15) is 4.79 Å². The van der Waals surface area contributed by atoms with Gasteiger partial charge in [0.15, 0.2) is 0 Å². The summed E-state index contributed by atoms with van der Waals surface area (Å²) in [6.45, 7) is 0.482. The maximum Gasteiger partial charge on any atom is 0.230 e. The highest BCUT2D eigenvalue weighted by molar-refractivity contribution is 9.10. The third-order valence-corrected chi connectivity index (χ3v) is 4.57. The number of aromatic nitrogens is 1. The van der Waals surface area contributed by atoms with E-state index in [-0.39, 0.29) is 11.3 Å². The Morgan fingerprint density at radius 2 is 2.05 bits per heavy atom. The van der Waals surface area contributed by atoms with E-state index >= 15 is 0 Å². The van der Waals surface area contributed by atoms with Gasteiger partial charge in [-0.1, -0.05) is 28.1 Å². The van der Waals surface area contributed by atoms with Crippen LogP contribution < -0.4 is 10.1 Å². The number of methoxy groups -OCH3 is 1. The van der Waals surface area contributed by atoms with Crippen LogP contribution in [-0.4, -0.2) is 18.0 Å². The molecule has 0 atom stereocenters. The summed E-state index contributed by atoms with van der Waals surface area (Å²) >= 11 is 3.43. The first kappa shape index (κ1) is 15.0. The number of nitrogens with one attached hydrogen (secondary N) is 1. The molecule has 1 saturated carbocycles. The number of ether oxygens (including phenoxy) is 1. The standard InChI is InChI=1S/C17H17BrN2O2/c1-22-15-10-12(6-9-19-15)11-20-16(21)17(7-8-17)13-2-4-14(18)5-3-13/h2-6,9-10H,7-8,11H2,1H3,(H,20,21). The summed E-state index contributed by atoms with van der Waals surface area (Å²) in [4.78, 5) is 16.6. The highest BCUT2D eigenvalue weighted by Gasteiger charge is 2.50. The van der Waals surface area contributed by atoms with Crippen molar-refractivity contribution >= 4 is 21.8 Å². The number of hydrogen-bond donors (Lipinski definition) is 1. The van der Waals surface area contributed by atoms with Crippen LogP contribution in [0.1, 0.15) is 24.0 Å². The fourth-order valence-corrected chi connectivity index (χ4v) is 2.83. The van der Waals surface area contributed by atoms with Crippen molar-refractivity contribution in [3.8, 4) is 5.88 Å². The van der Waals surface area contributed by atoms with Gasteiger partial charge in [-0.3, -0.25) is 4.79 Å². The van der Waals surface area contributed by atoms with Crippen molar-refractivity contribution in [2.75, 3.05) is 7.11 Å². The second-order valence-corrected chi connectivity index (χ2v) is 6.39. The fraction of sp³-hybridized carbons (Fsp3) is 0.294. The number of benzene rings is 1. The lowest BCUT2D eigenvalue weighted by Crippen LogP contribution is -2.34. The molecule has 5 heteroatoms. The van der Waals surface area contributed by atoms with Gasteiger partial charge >= 0.3 is 0 Å². The first-order chi connectivity index (χ1) is 10.6. The van der Waals surface area contributed by atoms with Crippen molar-refractivity contribution < 1.29 is 9.53 Å². The van der Waals surface area contributed by atoms with Crippen molar-refractivity contribution in [2.24, 2.45) is 0 Å². The molecular formula is C17H17BrN2O2. The predicted octanol–water partition coefficient (Wildman–Crippen LogP) is 3.20. The number of carbonyl (C=O) groups excluding carboxylic acids is 1.